The van der Waals surface area contributed by atoms with Gasteiger partial charge < -0.3 is 19.4 Å². The number of rotatable bonds is 3. The Morgan fingerprint density at radius 1 is 1.11 bits per heavy atom. The molecule has 2 fully saturated rings. The van der Waals surface area contributed by atoms with Crippen LogP contribution in [0.15, 0.2) is 23.0 Å². The van der Waals surface area contributed by atoms with Crippen molar-refractivity contribution in [1.82, 2.24) is 0 Å². The fourth-order valence-corrected chi connectivity index (χ4v) is 9.02. The molecule has 4 aliphatic rings. The first kappa shape index (κ1) is 25.6. The maximum Gasteiger partial charge on any atom is 0.321 e. The van der Waals surface area contributed by atoms with Gasteiger partial charge in [0.05, 0.1) is 12.5 Å². The Balaban J connectivity index is 1.99. The van der Waals surface area contributed by atoms with E-state index < -0.39 is 44.7 Å². The summed E-state index contributed by atoms with van der Waals surface area (Å²) in [5, 5.41) is 11.3. The third-order valence-electron chi connectivity index (χ3n) is 10.8. The Kier molecular flexibility index (Phi) is 5.52. The Bertz CT molecular complexity index is 1080. The van der Waals surface area contributed by atoms with Crippen molar-refractivity contribution >= 4 is 24.0 Å². The van der Waals surface area contributed by atoms with E-state index in [9.17, 15) is 24.3 Å². The first-order chi connectivity index (χ1) is 16.1. The number of carbonyl (C=O) groups is 4. The molecule has 0 radical (unpaired) electrons. The van der Waals surface area contributed by atoms with Crippen LogP contribution < -0.4 is 0 Å². The van der Waals surface area contributed by atoms with E-state index in [1.807, 2.05) is 33.8 Å². The number of methoxy groups -OCH3 is 1. The van der Waals surface area contributed by atoms with Gasteiger partial charge in [-0.3, -0.25) is 14.4 Å². The van der Waals surface area contributed by atoms with Crippen molar-refractivity contribution in [2.24, 2.45) is 38.9 Å². The van der Waals surface area contributed by atoms with Crippen molar-refractivity contribution in [2.45, 2.75) is 80.3 Å². The predicted octanol–water partition coefficient (Wildman–Crippen LogP) is 4.50. The summed E-state index contributed by atoms with van der Waals surface area (Å²) in [7, 11) is 1.27. The third-order valence-corrected chi connectivity index (χ3v) is 10.8. The lowest BCUT2D eigenvalue weighted by molar-refractivity contribution is -0.217. The normalized spacial score (nSPS) is 43.9. The minimum atomic E-state index is -1.68. The van der Waals surface area contributed by atoms with Crippen LogP contribution >= 0.6 is 0 Å². The zero-order chi connectivity index (χ0) is 26.4. The lowest BCUT2D eigenvalue weighted by Gasteiger charge is -2.68. The summed E-state index contributed by atoms with van der Waals surface area (Å²) in [5.74, 6) is -2.07. The molecule has 192 valence electrons. The van der Waals surface area contributed by atoms with Gasteiger partial charge in [0.1, 0.15) is 18.1 Å². The highest BCUT2D eigenvalue weighted by atomic mass is 16.6. The smallest absolute Gasteiger partial charge is 0.321 e. The van der Waals surface area contributed by atoms with E-state index in [-0.39, 0.29) is 29.3 Å². The number of Topliss-reactive ketones (excluding diaryl/α,β-unsaturated/α-hetero) is 1. The van der Waals surface area contributed by atoms with Crippen LogP contribution in [0.2, 0.25) is 0 Å². The summed E-state index contributed by atoms with van der Waals surface area (Å²) in [6.45, 7) is 12.6. The molecule has 0 amide bonds. The topological polar surface area (TPSA) is 107 Å². The summed E-state index contributed by atoms with van der Waals surface area (Å²) >= 11 is 0. The van der Waals surface area contributed by atoms with E-state index in [4.69, 9.17) is 9.47 Å². The molecule has 2 saturated carbocycles. The molecule has 0 aromatic carbocycles. The highest BCUT2D eigenvalue weighted by molar-refractivity contribution is 6.17. The lowest BCUT2D eigenvalue weighted by atomic mass is 9.77. The van der Waals surface area contributed by atoms with Crippen molar-refractivity contribution in [1.29, 1.82) is 0 Å². The summed E-state index contributed by atoms with van der Waals surface area (Å²) in [4.78, 5) is 52.8. The maximum atomic E-state index is 14.0. The molecular formula is C28H38O7. The average molecular weight is 500 g/mol. The van der Waals surface area contributed by atoms with Crippen molar-refractivity contribution < 1.29 is 33.8 Å². The van der Waals surface area contributed by atoms with Crippen molar-refractivity contribution in [3.63, 3.8) is 0 Å². The quantitative estimate of drug-likeness (QED) is 0.200. The van der Waals surface area contributed by atoms with Gasteiger partial charge in [-0.15, -0.1) is 0 Å². The van der Waals surface area contributed by atoms with Gasteiger partial charge in [0.15, 0.2) is 11.2 Å². The summed E-state index contributed by atoms with van der Waals surface area (Å²) in [6, 6.07) is 0. The monoisotopic (exact) mass is 500 g/mol. The van der Waals surface area contributed by atoms with Crippen LogP contribution in [-0.4, -0.2) is 42.3 Å². The summed E-state index contributed by atoms with van der Waals surface area (Å²) in [6.07, 6.45) is 4.79. The molecule has 0 aliphatic heterocycles. The molecule has 0 spiro atoms. The maximum absolute atomic E-state index is 14.0. The van der Waals surface area contributed by atoms with Crippen LogP contribution in [0.3, 0.4) is 0 Å². The molecule has 7 heteroatoms. The number of ketones is 1. The number of carbonyl (C=O) groups excluding carboxylic acids is 4. The van der Waals surface area contributed by atoms with Crippen LogP contribution in [0.4, 0.5) is 0 Å². The molecule has 1 N–H and O–H groups in total. The Morgan fingerprint density at radius 2 is 1.74 bits per heavy atom. The fraction of sp³-hybridized carbons (Fsp3) is 0.714. The van der Waals surface area contributed by atoms with Gasteiger partial charge >= 0.3 is 11.9 Å². The number of ether oxygens (including phenoxy) is 2. The molecule has 0 aromatic heterocycles. The van der Waals surface area contributed by atoms with Crippen molar-refractivity contribution in [2.75, 3.05) is 7.11 Å². The molecule has 7 nitrogen and oxygen atoms in total. The van der Waals surface area contributed by atoms with Crippen LogP contribution in [0.25, 0.3) is 0 Å². The molecule has 35 heavy (non-hydrogen) atoms. The second-order valence-corrected chi connectivity index (χ2v) is 12.2. The Labute approximate surface area is 207 Å². The van der Waals surface area contributed by atoms with Crippen LogP contribution in [0.5, 0.6) is 0 Å². The number of aliphatic hydroxyl groups excluding tert-OH is 1. The number of fused-ring (bicyclic) bond motifs is 5. The number of hydrogen-bond donors (Lipinski definition) is 1. The summed E-state index contributed by atoms with van der Waals surface area (Å²) < 4.78 is 11.0. The minimum absolute atomic E-state index is 0.0949. The SMILES string of the molecule is COC(=O)[13C@@]12C(=O)[13C](C)=C(O)[C@]1([13CH3])[13C](C)=C[13C@H]1[C@]3([13CH]=O)[13CH2]C[13C@H](OC([13CH3])=O)C([13CH3])([13CH3])[13C@H]3C[13CH2][C@@]12[13CH3]. The second kappa shape index (κ2) is 7.53. The third kappa shape index (κ3) is 2.62. The number of aldehydes is 1. The van der Waals surface area contributed by atoms with E-state index in [0.717, 1.165) is 6.29 Å². The predicted molar refractivity (Wildman–Crippen MR) is 128 cm³/mol. The lowest BCUT2D eigenvalue weighted by Crippen LogP contribution is -2.70. The van der Waals surface area contributed by atoms with Gasteiger partial charge in [0.25, 0.3) is 0 Å². The minimum Gasteiger partial charge on any atom is -0.511 e. The van der Waals surface area contributed by atoms with Gasteiger partial charge in [-0.2, -0.15) is 0 Å². The van der Waals surface area contributed by atoms with E-state index in [2.05, 4.69) is 0 Å². The number of hydrogen-bond acceptors (Lipinski definition) is 7. The molecule has 0 unspecified atom stereocenters. The van der Waals surface area contributed by atoms with Crippen molar-refractivity contribution in [3.8, 4) is 0 Å². The van der Waals surface area contributed by atoms with Crippen molar-refractivity contribution in [3.05, 3.63) is 23.0 Å². The molecule has 0 aromatic rings. The zero-order valence-corrected chi connectivity index (χ0v) is 22.1. The van der Waals surface area contributed by atoms with Gasteiger partial charge in [0, 0.05) is 23.3 Å². The molecule has 0 saturated heterocycles. The molecule has 7 atom stereocenters. The second-order valence-electron chi connectivity index (χ2n) is 12.2. The standard InChI is InChI=1S/C28H38O7/c1-15-13-19-25(6,28(23(33)34-8)22(32)16(2)21(31)26(15,28)7)11-9-18-24(4,5)20(35-17(3)30)10-12-27(18,19)14-29/h13-14,18-20,31H,9-12H2,1-8H3/t18-,19-,20+,25+,26+,27+,28-/m1/s1/i3+1,4+1,5+1,6+1,7+1,11+1,12+1,14+1,15+1,16+1,18+1,19+1,20+1,28+1. The molecule has 4 rings (SSSR count). The van der Waals surface area contributed by atoms with Crippen LogP contribution in [-0.2, 0) is 28.7 Å². The highest BCUT2D eigenvalue weighted by Crippen LogP contribution is 2.76. The zero-order valence-electron chi connectivity index (χ0n) is 22.1. The van der Waals surface area contributed by atoms with Gasteiger partial charge in [-0.1, -0.05) is 32.4 Å². The molecule has 0 bridgehead atoms. The highest BCUT2D eigenvalue weighted by Gasteiger charge is 2.80. The van der Waals surface area contributed by atoms with E-state index in [1.54, 1.807) is 13.8 Å². The number of allylic oxidation sites excluding steroid dienone is 3. The van der Waals surface area contributed by atoms with Gasteiger partial charge in [-0.05, 0) is 63.7 Å². The van der Waals surface area contributed by atoms with Crippen LogP contribution in [0, 0.1) is 38.9 Å². The molecular weight excluding hydrogens is 462 g/mol. The fourth-order valence-electron chi connectivity index (χ4n) is 9.02. The van der Waals surface area contributed by atoms with Gasteiger partial charge in [0.2, 0.25) is 0 Å². The molecule has 4 aliphatic carbocycles. The van der Waals surface area contributed by atoms with Gasteiger partial charge in [-0.25, -0.2) is 0 Å². The van der Waals surface area contributed by atoms with E-state index >= 15 is 0 Å². The van der Waals surface area contributed by atoms with Crippen LogP contribution in [0.1, 0.15) is 74.1 Å². The number of esters is 2. The Hall–Kier alpha value is -2.44. The van der Waals surface area contributed by atoms with E-state index in [0.29, 0.717) is 31.3 Å². The summed E-state index contributed by atoms with van der Waals surface area (Å²) in [5.41, 5.74) is -4.38. The number of aliphatic hydroxyl groups is 1. The average Bonchev–Trinajstić information content (AvgIpc) is 2.95. The first-order valence-electron chi connectivity index (χ1n) is 12.5. The first-order valence-corrected chi connectivity index (χ1v) is 12.5. The Morgan fingerprint density at radius 3 is 2.29 bits per heavy atom. The largest absolute Gasteiger partial charge is 0.511 e. The van der Waals surface area contributed by atoms with E-state index in [1.165, 1.54) is 14.0 Å². The molecule has 0 heterocycles.